The molecule has 76 valence electrons. The Labute approximate surface area is 99.9 Å². The summed E-state index contributed by atoms with van der Waals surface area (Å²) in [5, 5.41) is 0. The van der Waals surface area contributed by atoms with Crippen molar-refractivity contribution in [2.75, 3.05) is 0 Å². The molecule has 0 N–H and O–H groups in total. The van der Waals surface area contributed by atoms with Crippen LogP contribution in [0.3, 0.4) is 0 Å². The van der Waals surface area contributed by atoms with E-state index in [4.69, 9.17) is 16.0 Å². The molecule has 3 heteroatoms. The average Bonchev–Trinajstić information content (AvgIpc) is 2.71. The molecule has 2 aromatic rings. The third kappa shape index (κ3) is 3.28. The van der Waals surface area contributed by atoms with Gasteiger partial charge in [-0.15, -0.1) is 0 Å². The second kappa shape index (κ2) is 5.22. The molecule has 2 rings (SSSR count). The molecule has 0 atom stereocenters. The molecule has 0 aliphatic heterocycles. The first-order valence-corrected chi connectivity index (χ1v) is 6.57. The SMILES string of the molecule is Cl/C(=C/c1ccco1)[Se]c1ccccc1. The van der Waals surface area contributed by atoms with Gasteiger partial charge in [0.2, 0.25) is 0 Å². The second-order valence-electron chi connectivity index (χ2n) is 2.88. The van der Waals surface area contributed by atoms with E-state index in [2.05, 4.69) is 12.1 Å². The molecule has 15 heavy (non-hydrogen) atoms. The summed E-state index contributed by atoms with van der Waals surface area (Å²) in [6.07, 6.45) is 3.51. The van der Waals surface area contributed by atoms with Crippen LogP contribution in [-0.4, -0.2) is 15.0 Å². The van der Waals surface area contributed by atoms with Gasteiger partial charge in [0.25, 0.3) is 0 Å². The van der Waals surface area contributed by atoms with Crippen LogP contribution < -0.4 is 4.46 Å². The standard InChI is InChI=1S/C12H9ClOSe/c13-12(9-10-5-4-8-14-10)15-11-6-2-1-3-7-11/h1-9H/b12-9-. The molecule has 0 saturated carbocycles. The maximum atomic E-state index is 6.14. The fourth-order valence-electron chi connectivity index (χ4n) is 1.12. The Hall–Kier alpha value is -0.951. The van der Waals surface area contributed by atoms with E-state index in [9.17, 15) is 0 Å². The van der Waals surface area contributed by atoms with Gasteiger partial charge >= 0.3 is 99.9 Å². The number of rotatable bonds is 3. The molecule has 0 bridgehead atoms. The zero-order chi connectivity index (χ0) is 10.5. The Kier molecular flexibility index (Phi) is 3.68. The number of hydrogen-bond donors (Lipinski definition) is 0. The van der Waals surface area contributed by atoms with Crippen LogP contribution in [0.1, 0.15) is 5.76 Å². The van der Waals surface area contributed by atoms with Crippen molar-refractivity contribution in [2.45, 2.75) is 0 Å². The molecule has 1 nitrogen and oxygen atoms in total. The summed E-state index contributed by atoms with van der Waals surface area (Å²) in [4.78, 5) is 0. The Morgan fingerprint density at radius 2 is 1.93 bits per heavy atom. The van der Waals surface area contributed by atoms with Crippen LogP contribution in [0.5, 0.6) is 0 Å². The number of furan rings is 1. The molecule has 1 aromatic carbocycles. The fraction of sp³-hybridized carbons (Fsp3) is 0. The Balaban J connectivity index is 2.07. The topological polar surface area (TPSA) is 13.1 Å². The summed E-state index contributed by atoms with van der Waals surface area (Å²) < 4.78 is 7.29. The predicted octanol–water partition coefficient (Wildman–Crippen LogP) is 2.85. The predicted molar refractivity (Wildman–Crippen MR) is 64.4 cm³/mol. The van der Waals surface area contributed by atoms with Crippen LogP contribution in [-0.2, 0) is 0 Å². The molecule has 0 fully saturated rings. The third-order valence-corrected chi connectivity index (χ3v) is 3.99. The van der Waals surface area contributed by atoms with Crippen LogP contribution in [0.2, 0.25) is 0 Å². The van der Waals surface area contributed by atoms with E-state index in [0.717, 1.165) is 9.69 Å². The Morgan fingerprint density at radius 3 is 2.60 bits per heavy atom. The van der Waals surface area contributed by atoms with Gasteiger partial charge in [-0.25, -0.2) is 0 Å². The Morgan fingerprint density at radius 1 is 1.13 bits per heavy atom. The first-order valence-electron chi connectivity index (χ1n) is 4.48. The molecule has 1 aromatic heterocycles. The molecule has 0 aliphatic rings. The van der Waals surface area contributed by atoms with Crippen molar-refractivity contribution < 1.29 is 4.42 Å². The molecular weight excluding hydrogens is 275 g/mol. The first-order chi connectivity index (χ1) is 7.34. The van der Waals surface area contributed by atoms with E-state index < -0.39 is 0 Å². The van der Waals surface area contributed by atoms with Gasteiger partial charge in [0.15, 0.2) is 0 Å². The van der Waals surface area contributed by atoms with Crippen molar-refractivity contribution in [1.82, 2.24) is 0 Å². The molecule has 0 saturated heterocycles. The van der Waals surface area contributed by atoms with Crippen LogP contribution in [0.25, 0.3) is 6.08 Å². The van der Waals surface area contributed by atoms with E-state index in [0.29, 0.717) is 0 Å². The summed E-state index contributed by atoms with van der Waals surface area (Å²) >= 11 is 6.30. The second-order valence-corrected chi connectivity index (χ2v) is 6.13. The Bertz CT molecular complexity index is 434. The zero-order valence-electron chi connectivity index (χ0n) is 7.89. The van der Waals surface area contributed by atoms with E-state index >= 15 is 0 Å². The minimum atomic E-state index is 0.162. The molecule has 0 spiro atoms. The van der Waals surface area contributed by atoms with Gasteiger partial charge < -0.3 is 0 Å². The van der Waals surface area contributed by atoms with Crippen molar-refractivity contribution in [3.05, 3.63) is 58.4 Å². The molecule has 0 amide bonds. The van der Waals surface area contributed by atoms with Gasteiger partial charge in [0.05, 0.1) is 0 Å². The first kappa shape index (κ1) is 10.6. The zero-order valence-corrected chi connectivity index (χ0v) is 10.4. The monoisotopic (exact) mass is 284 g/mol. The van der Waals surface area contributed by atoms with Gasteiger partial charge in [-0.1, -0.05) is 0 Å². The summed E-state index contributed by atoms with van der Waals surface area (Å²) in [6.45, 7) is 0. The molecule has 0 aliphatic carbocycles. The molecule has 0 unspecified atom stereocenters. The van der Waals surface area contributed by atoms with E-state index in [1.54, 1.807) is 6.26 Å². The third-order valence-electron chi connectivity index (χ3n) is 1.76. The van der Waals surface area contributed by atoms with Crippen LogP contribution in [0, 0.1) is 0 Å². The maximum absolute atomic E-state index is 6.14. The summed E-state index contributed by atoms with van der Waals surface area (Å²) in [6, 6.07) is 14.0. The number of hydrogen-bond acceptors (Lipinski definition) is 1. The van der Waals surface area contributed by atoms with Gasteiger partial charge in [-0.05, 0) is 0 Å². The van der Waals surface area contributed by atoms with E-state index in [1.165, 1.54) is 4.46 Å². The molecule has 0 radical (unpaired) electrons. The number of halogens is 1. The summed E-state index contributed by atoms with van der Waals surface area (Å²) in [7, 11) is 0. The van der Waals surface area contributed by atoms with Crippen molar-refractivity contribution in [3.63, 3.8) is 0 Å². The fourth-order valence-corrected chi connectivity index (χ4v) is 3.14. The van der Waals surface area contributed by atoms with E-state index in [1.807, 2.05) is 36.4 Å². The van der Waals surface area contributed by atoms with Crippen molar-refractivity contribution in [1.29, 1.82) is 0 Å². The summed E-state index contributed by atoms with van der Waals surface area (Å²) in [5.41, 5.74) is 0. The van der Waals surface area contributed by atoms with Gasteiger partial charge in [0.1, 0.15) is 0 Å². The van der Waals surface area contributed by atoms with Crippen molar-refractivity contribution in [3.8, 4) is 0 Å². The average molecular weight is 284 g/mol. The summed E-state index contributed by atoms with van der Waals surface area (Å²) in [5.74, 6) is 0.804. The quantitative estimate of drug-likeness (QED) is 0.790. The van der Waals surface area contributed by atoms with Crippen LogP contribution >= 0.6 is 11.6 Å². The van der Waals surface area contributed by atoms with Crippen LogP contribution in [0.4, 0.5) is 0 Å². The normalized spacial score (nSPS) is 11.7. The molecule has 1 heterocycles. The van der Waals surface area contributed by atoms with Gasteiger partial charge in [-0.3, -0.25) is 0 Å². The van der Waals surface area contributed by atoms with Crippen molar-refractivity contribution in [2.24, 2.45) is 0 Å². The van der Waals surface area contributed by atoms with Gasteiger partial charge in [-0.2, -0.15) is 0 Å². The van der Waals surface area contributed by atoms with Crippen LogP contribution in [0.15, 0.2) is 57.1 Å². The van der Waals surface area contributed by atoms with Gasteiger partial charge in [0, 0.05) is 0 Å². The number of benzene rings is 1. The molecular formula is C12H9ClOSe. The van der Waals surface area contributed by atoms with E-state index in [-0.39, 0.29) is 15.0 Å². The van der Waals surface area contributed by atoms with Crippen molar-refractivity contribution >= 4 is 37.1 Å². The minimum absolute atomic E-state index is 0.162.